The molecule has 5 fully saturated rings. The van der Waals surface area contributed by atoms with Crippen molar-refractivity contribution in [1.82, 2.24) is 79.1 Å². The molecular formula is C90H101N17O8. The number of aromatic nitrogens is 10. The number of benzene rings is 5. The van der Waals surface area contributed by atoms with Gasteiger partial charge in [0, 0.05) is 223 Å². The van der Waals surface area contributed by atoms with Crippen LogP contribution in [-0.2, 0) is 74.3 Å². The fourth-order valence-corrected chi connectivity index (χ4v) is 15.5. The fourth-order valence-electron chi connectivity index (χ4n) is 15.5. The SMILES string of the molecule is CN1CCC(Oc2cccc(C(=O)Cc3cc4cc(-c5cnn(C)c5CN5CCOCC5)ccc4cn3)c2)CC1.CN1CCN(c2cccc(C(=O)Cc3cc4cc(-c5cnn(C)c5CN5CCOCC5)ccc4cn3)c2)CC1.CNC(=O)c1ccc(C(=O)Cc2cc3cc(-c4cnn(C)c4CN4CCOCC4)ccc3cn2)cn1. The van der Waals surface area contributed by atoms with Crippen LogP contribution < -0.4 is 15.0 Å². The summed E-state index contributed by atoms with van der Waals surface area (Å²) in [6.45, 7) is 18.8. The summed E-state index contributed by atoms with van der Waals surface area (Å²) < 4.78 is 28.6. The molecule has 0 radical (unpaired) electrons. The third-order valence-electron chi connectivity index (χ3n) is 22.6. The van der Waals surface area contributed by atoms with Gasteiger partial charge in [0.1, 0.15) is 17.5 Å². The number of piperidine rings is 1. The lowest BCUT2D eigenvalue weighted by molar-refractivity contribution is 0.0331. The zero-order valence-electron chi connectivity index (χ0n) is 66.6. The number of piperazine rings is 1. The number of fused-ring (bicyclic) bond motifs is 3. The van der Waals surface area contributed by atoms with Gasteiger partial charge in [-0.1, -0.05) is 60.7 Å². The quantitative estimate of drug-likeness (QED) is 0.0620. The smallest absolute Gasteiger partial charge is 0.269 e. The third kappa shape index (κ3) is 19.8. The molecule has 5 saturated heterocycles. The predicted octanol–water partition coefficient (Wildman–Crippen LogP) is 10.7. The number of nitrogens with one attached hydrogen (secondary N) is 1. The van der Waals surface area contributed by atoms with E-state index in [-0.39, 0.29) is 54.3 Å². The maximum Gasteiger partial charge on any atom is 0.269 e. The number of carbonyl (C=O) groups excluding carboxylic acids is 4. The molecule has 17 rings (SSSR count). The number of carbonyl (C=O) groups is 4. The number of anilines is 1. The molecule has 0 atom stereocenters. The lowest BCUT2D eigenvalue weighted by Crippen LogP contribution is -2.44. The number of ketones is 3. The molecule has 25 heteroatoms. The van der Waals surface area contributed by atoms with E-state index in [1.54, 1.807) is 25.4 Å². The van der Waals surface area contributed by atoms with Crippen LogP contribution in [0.1, 0.15) is 88.6 Å². The summed E-state index contributed by atoms with van der Waals surface area (Å²) in [4.78, 5) is 83.0. The van der Waals surface area contributed by atoms with Crippen LogP contribution in [0.15, 0.2) is 177 Å². The Balaban J connectivity index is 0.000000136. The van der Waals surface area contributed by atoms with Gasteiger partial charge < -0.3 is 39.0 Å². The first-order valence-electron chi connectivity index (χ1n) is 39.9. The average molecular weight is 1550 g/mol. The lowest BCUT2D eigenvalue weighted by atomic mass is 10.0. The molecule has 0 bridgehead atoms. The zero-order chi connectivity index (χ0) is 79.3. The van der Waals surface area contributed by atoms with Crippen molar-refractivity contribution in [2.45, 2.75) is 57.8 Å². The van der Waals surface area contributed by atoms with Gasteiger partial charge in [0.2, 0.25) is 0 Å². The molecule has 25 nitrogen and oxygen atoms in total. The summed E-state index contributed by atoms with van der Waals surface area (Å²) in [6.07, 6.45) is 15.7. The first-order valence-corrected chi connectivity index (χ1v) is 39.9. The third-order valence-corrected chi connectivity index (χ3v) is 22.6. The van der Waals surface area contributed by atoms with E-state index in [1.807, 2.05) is 121 Å². The first-order chi connectivity index (χ1) is 56.1. The molecule has 0 aliphatic carbocycles. The highest BCUT2D eigenvalue weighted by molar-refractivity contribution is 6.01. The molecule has 0 saturated carbocycles. The highest BCUT2D eigenvalue weighted by atomic mass is 16.5. The van der Waals surface area contributed by atoms with E-state index in [9.17, 15) is 19.2 Å². The van der Waals surface area contributed by atoms with Gasteiger partial charge in [-0.2, -0.15) is 15.3 Å². The maximum absolute atomic E-state index is 13.3. The summed E-state index contributed by atoms with van der Waals surface area (Å²) in [7, 11) is 11.8. The van der Waals surface area contributed by atoms with Crippen molar-refractivity contribution >= 4 is 61.3 Å². The van der Waals surface area contributed by atoms with Gasteiger partial charge in [-0.3, -0.25) is 67.9 Å². The van der Waals surface area contributed by atoms with Crippen LogP contribution in [0.25, 0.3) is 65.7 Å². The normalized spacial score (nSPS) is 16.3. The van der Waals surface area contributed by atoms with E-state index < -0.39 is 0 Å². The summed E-state index contributed by atoms with van der Waals surface area (Å²) in [5.74, 6) is 0.503. The van der Waals surface area contributed by atoms with Gasteiger partial charge in [-0.15, -0.1) is 0 Å². The Morgan fingerprint density at radius 3 is 1.23 bits per heavy atom. The highest BCUT2D eigenvalue weighted by Crippen LogP contribution is 2.34. The van der Waals surface area contributed by atoms with Gasteiger partial charge >= 0.3 is 0 Å². The number of morpholine rings is 3. The number of Topliss-reactive ketones (excluding diaryl/α,β-unsaturated/α-hetero) is 3. The number of nitrogens with zero attached hydrogens (tertiary/aromatic N) is 16. The molecule has 7 aromatic heterocycles. The van der Waals surface area contributed by atoms with Crippen LogP contribution in [0.3, 0.4) is 0 Å². The van der Waals surface area contributed by atoms with Crippen molar-refractivity contribution in [3.63, 3.8) is 0 Å². The standard InChI is InChI=1S/C32H37N5O3.C31H36N6O2.C27H28N6O3/c1-35-10-8-28(9-11-35)40-29-5-3-4-24(18-29)32(38)19-27-17-26-16-23(6-7-25(26)20-33-27)30-21-34-36(2)31(30)22-37-12-14-39-15-13-37;1-34-8-10-37(11-9-34)28-5-3-4-24(18-28)31(38)19-27-17-26-16-23(6-7-25(26)20-32-27)29-21-33-35(2)30(29)22-36-12-14-39-15-13-36;1-28-27(35)24-6-5-20(15-30-24)26(34)13-22-12-21-11-18(3-4-19(21)14-29-22)23-16-31-32(2)25(23)17-33-7-9-36-10-8-33/h3-7,16-18,20-21,28H,8-15,19,22H2,1-2H3;3-7,16-18,20-21H,8-15,19,22H2,1-2H3;3-6,11-12,14-16H,7-10,13,17H2,1-2H3,(H,28,35). The number of hydrogen-bond acceptors (Lipinski definition) is 21. The summed E-state index contributed by atoms with van der Waals surface area (Å²) >= 11 is 0. The van der Waals surface area contributed by atoms with E-state index in [0.29, 0.717) is 16.8 Å². The zero-order valence-corrected chi connectivity index (χ0v) is 66.6. The first kappa shape index (κ1) is 79.1. The molecule has 5 aliphatic rings. The van der Waals surface area contributed by atoms with Crippen molar-refractivity contribution < 1.29 is 38.1 Å². The molecule has 594 valence electrons. The molecule has 5 aliphatic heterocycles. The van der Waals surface area contributed by atoms with Gasteiger partial charge in [-0.25, -0.2) is 0 Å². The molecule has 12 heterocycles. The molecule has 115 heavy (non-hydrogen) atoms. The molecule has 12 aromatic rings. The van der Waals surface area contributed by atoms with Crippen LogP contribution in [-0.4, -0.2) is 242 Å². The number of rotatable bonds is 22. The van der Waals surface area contributed by atoms with E-state index in [4.69, 9.17) is 18.9 Å². The molecule has 0 unspecified atom stereocenters. The van der Waals surface area contributed by atoms with Gasteiger partial charge in [-0.05, 0) is 133 Å². The Hall–Kier alpha value is -11.1. The van der Waals surface area contributed by atoms with E-state index >= 15 is 0 Å². The Labute approximate surface area is 670 Å². The number of likely N-dealkylation sites (tertiary alicyclic amines) is 1. The predicted molar refractivity (Wildman–Crippen MR) is 446 cm³/mol. The summed E-state index contributed by atoms with van der Waals surface area (Å²) in [6, 6.07) is 44.0. The number of likely N-dealkylation sites (N-methyl/N-ethyl adjacent to an activating group) is 1. The molecular weight excluding hydrogens is 1450 g/mol. The topological polar surface area (TPSA) is 242 Å². The number of pyridine rings is 4. The Bertz CT molecular complexity index is 5410. The van der Waals surface area contributed by atoms with Crippen molar-refractivity contribution in [3.8, 4) is 39.1 Å². The summed E-state index contributed by atoms with van der Waals surface area (Å²) in [5, 5.41) is 22.5. The van der Waals surface area contributed by atoms with Gasteiger partial charge in [0.05, 0.1) is 94.6 Å². The Kier molecular flexibility index (Phi) is 25.5. The Morgan fingerprint density at radius 2 is 0.809 bits per heavy atom. The minimum atomic E-state index is -0.289. The molecule has 1 N–H and O–H groups in total. The van der Waals surface area contributed by atoms with Crippen molar-refractivity contribution in [2.75, 3.05) is 144 Å². The van der Waals surface area contributed by atoms with E-state index in [1.165, 1.54) is 17.6 Å². The second kappa shape index (κ2) is 37.0. The van der Waals surface area contributed by atoms with E-state index in [2.05, 4.69) is 151 Å². The van der Waals surface area contributed by atoms with Crippen LogP contribution in [0.2, 0.25) is 0 Å². The maximum atomic E-state index is 13.3. The number of hydrogen-bond donors (Lipinski definition) is 1. The van der Waals surface area contributed by atoms with Crippen molar-refractivity contribution in [3.05, 3.63) is 233 Å². The van der Waals surface area contributed by atoms with Crippen LogP contribution >= 0.6 is 0 Å². The molecule has 0 spiro atoms. The minimum absolute atomic E-state index is 0.0388. The van der Waals surface area contributed by atoms with E-state index in [0.717, 1.165) is 250 Å². The summed E-state index contributed by atoms with van der Waals surface area (Å²) in [5.41, 5.74) is 15.7. The monoisotopic (exact) mass is 1550 g/mol. The second-order valence-electron chi connectivity index (χ2n) is 30.6. The second-order valence-corrected chi connectivity index (χ2v) is 30.6. The number of ether oxygens (including phenoxy) is 4. The highest BCUT2D eigenvalue weighted by Gasteiger charge is 2.25. The van der Waals surface area contributed by atoms with Crippen molar-refractivity contribution in [2.24, 2.45) is 21.1 Å². The Morgan fingerprint density at radius 1 is 0.400 bits per heavy atom. The molecule has 5 aromatic carbocycles. The fraction of sp³-hybridized carbons (Fsp3) is 0.367. The lowest BCUT2D eigenvalue weighted by Gasteiger charge is -2.34. The molecule has 1 amide bonds. The van der Waals surface area contributed by atoms with Crippen molar-refractivity contribution in [1.29, 1.82) is 0 Å². The largest absolute Gasteiger partial charge is 0.490 e. The van der Waals surface area contributed by atoms with Gasteiger partial charge in [0.15, 0.2) is 17.3 Å². The van der Waals surface area contributed by atoms with Crippen LogP contribution in [0.4, 0.5) is 5.69 Å². The van der Waals surface area contributed by atoms with Crippen LogP contribution in [0.5, 0.6) is 5.75 Å². The average Bonchev–Trinajstić information content (AvgIpc) is 1.73. The van der Waals surface area contributed by atoms with Gasteiger partial charge in [0.25, 0.3) is 5.91 Å². The number of aryl methyl sites for hydroxylation is 3. The minimum Gasteiger partial charge on any atom is -0.490 e. The van der Waals surface area contributed by atoms with Crippen LogP contribution in [0, 0.1) is 0 Å². The number of amides is 1.